The van der Waals surface area contributed by atoms with Gasteiger partial charge in [-0.1, -0.05) is 6.07 Å². The van der Waals surface area contributed by atoms with Gasteiger partial charge in [0, 0.05) is 18.3 Å². The minimum Gasteiger partial charge on any atom is -0.316 e. The second kappa shape index (κ2) is 4.72. The quantitative estimate of drug-likeness (QED) is 0.876. The van der Waals surface area contributed by atoms with Crippen molar-refractivity contribution in [3.05, 3.63) is 46.8 Å². The van der Waals surface area contributed by atoms with Crippen LogP contribution in [0.25, 0.3) is 5.69 Å². The maximum atomic E-state index is 4.56. The fourth-order valence-electron chi connectivity index (χ4n) is 2.07. The first kappa shape index (κ1) is 11.9. The molecule has 17 heavy (non-hydrogen) atoms. The van der Waals surface area contributed by atoms with Gasteiger partial charge in [0.25, 0.3) is 0 Å². The summed E-state index contributed by atoms with van der Waals surface area (Å²) in [4.78, 5) is 0. The molecule has 3 nitrogen and oxygen atoms in total. The molecule has 0 aliphatic rings. The molecule has 2 aromatic rings. The van der Waals surface area contributed by atoms with E-state index in [1.165, 1.54) is 16.7 Å². The first-order valence-electron chi connectivity index (χ1n) is 5.88. The monoisotopic (exact) mass is 229 g/mol. The van der Waals surface area contributed by atoms with Crippen molar-refractivity contribution in [3.8, 4) is 5.69 Å². The zero-order chi connectivity index (χ0) is 12.4. The number of benzene rings is 1. The summed E-state index contributed by atoms with van der Waals surface area (Å²) in [6.07, 6.45) is 2.10. The molecule has 0 aliphatic carbocycles. The van der Waals surface area contributed by atoms with E-state index in [4.69, 9.17) is 0 Å². The maximum absolute atomic E-state index is 4.56. The normalized spacial score (nSPS) is 10.8. The topological polar surface area (TPSA) is 29.9 Å². The van der Waals surface area contributed by atoms with Crippen molar-refractivity contribution in [2.24, 2.45) is 0 Å². The molecule has 0 saturated carbocycles. The Balaban J connectivity index is 2.42. The van der Waals surface area contributed by atoms with Crippen molar-refractivity contribution < 1.29 is 0 Å². The average molecular weight is 229 g/mol. The Kier molecular flexibility index (Phi) is 3.29. The van der Waals surface area contributed by atoms with Crippen LogP contribution in [-0.2, 0) is 6.54 Å². The van der Waals surface area contributed by atoms with Crippen LogP contribution in [-0.4, -0.2) is 16.8 Å². The van der Waals surface area contributed by atoms with Crippen molar-refractivity contribution in [2.45, 2.75) is 27.3 Å². The summed E-state index contributed by atoms with van der Waals surface area (Å²) in [5, 5.41) is 7.72. The number of hydrogen-bond donors (Lipinski definition) is 1. The Morgan fingerprint density at radius 1 is 1.12 bits per heavy atom. The van der Waals surface area contributed by atoms with Crippen LogP contribution >= 0.6 is 0 Å². The van der Waals surface area contributed by atoms with Crippen LogP contribution in [0.5, 0.6) is 0 Å². The van der Waals surface area contributed by atoms with Crippen molar-refractivity contribution in [1.29, 1.82) is 0 Å². The number of rotatable bonds is 3. The molecule has 2 rings (SSSR count). The zero-order valence-electron chi connectivity index (χ0n) is 10.9. The molecule has 0 radical (unpaired) electrons. The summed E-state index contributed by atoms with van der Waals surface area (Å²) in [6.45, 7) is 7.13. The van der Waals surface area contributed by atoms with E-state index in [9.17, 15) is 0 Å². The Morgan fingerprint density at radius 2 is 1.76 bits per heavy atom. The highest BCUT2D eigenvalue weighted by atomic mass is 15.3. The Hall–Kier alpha value is -1.61. The van der Waals surface area contributed by atoms with Crippen LogP contribution in [0.15, 0.2) is 24.4 Å². The van der Waals surface area contributed by atoms with E-state index in [1.54, 1.807) is 0 Å². The standard InChI is InChI=1S/C14H19N3/c1-10-5-11(2)7-14(6-10)17-9-13(8-15-4)12(3)16-17/h5-7,9,15H,8H2,1-4H3. The van der Waals surface area contributed by atoms with Crippen molar-refractivity contribution in [2.75, 3.05) is 7.05 Å². The number of nitrogens with one attached hydrogen (secondary N) is 1. The molecule has 0 fully saturated rings. The van der Waals surface area contributed by atoms with Crippen molar-refractivity contribution in [3.63, 3.8) is 0 Å². The first-order chi connectivity index (χ1) is 8.10. The molecule has 0 spiro atoms. The highest BCUT2D eigenvalue weighted by Crippen LogP contribution is 2.15. The third-order valence-corrected chi connectivity index (χ3v) is 2.84. The molecule has 0 aliphatic heterocycles. The van der Waals surface area contributed by atoms with Gasteiger partial charge in [-0.2, -0.15) is 5.10 Å². The van der Waals surface area contributed by atoms with E-state index >= 15 is 0 Å². The zero-order valence-corrected chi connectivity index (χ0v) is 10.9. The summed E-state index contributed by atoms with van der Waals surface area (Å²) in [6, 6.07) is 6.49. The van der Waals surface area contributed by atoms with Crippen LogP contribution in [0.2, 0.25) is 0 Å². The van der Waals surface area contributed by atoms with Gasteiger partial charge in [0.1, 0.15) is 0 Å². The Morgan fingerprint density at radius 3 is 2.35 bits per heavy atom. The molecule has 1 aromatic heterocycles. The summed E-state index contributed by atoms with van der Waals surface area (Å²) in [5.74, 6) is 0. The molecule has 90 valence electrons. The summed E-state index contributed by atoms with van der Waals surface area (Å²) >= 11 is 0. The third-order valence-electron chi connectivity index (χ3n) is 2.84. The van der Waals surface area contributed by atoms with Crippen LogP contribution in [0.3, 0.4) is 0 Å². The van der Waals surface area contributed by atoms with Crippen LogP contribution in [0.4, 0.5) is 0 Å². The van der Waals surface area contributed by atoms with Crippen LogP contribution in [0.1, 0.15) is 22.4 Å². The van der Waals surface area contributed by atoms with Crippen LogP contribution < -0.4 is 5.32 Å². The first-order valence-corrected chi connectivity index (χ1v) is 5.88. The second-order valence-corrected chi connectivity index (χ2v) is 4.56. The van der Waals surface area contributed by atoms with E-state index in [0.717, 1.165) is 17.9 Å². The average Bonchev–Trinajstić information content (AvgIpc) is 2.60. The number of nitrogens with zero attached hydrogens (tertiary/aromatic N) is 2. The fraction of sp³-hybridized carbons (Fsp3) is 0.357. The van der Waals surface area contributed by atoms with Gasteiger partial charge in [0.15, 0.2) is 0 Å². The van der Waals surface area contributed by atoms with E-state index < -0.39 is 0 Å². The highest BCUT2D eigenvalue weighted by Gasteiger charge is 2.06. The molecule has 0 amide bonds. The van der Waals surface area contributed by atoms with Gasteiger partial charge in [0.05, 0.1) is 11.4 Å². The van der Waals surface area contributed by atoms with Crippen molar-refractivity contribution in [1.82, 2.24) is 15.1 Å². The van der Waals surface area contributed by atoms with Gasteiger partial charge in [-0.15, -0.1) is 0 Å². The second-order valence-electron chi connectivity index (χ2n) is 4.56. The van der Waals surface area contributed by atoms with Gasteiger partial charge in [-0.3, -0.25) is 0 Å². The highest BCUT2D eigenvalue weighted by molar-refractivity contribution is 5.39. The molecule has 3 heteroatoms. The molecule has 0 saturated heterocycles. The lowest BCUT2D eigenvalue weighted by molar-refractivity contribution is 0.812. The molecule has 0 unspecified atom stereocenters. The lowest BCUT2D eigenvalue weighted by atomic mass is 10.1. The van der Waals surface area contributed by atoms with Gasteiger partial charge < -0.3 is 5.32 Å². The number of aryl methyl sites for hydroxylation is 3. The smallest absolute Gasteiger partial charge is 0.0651 e. The van der Waals surface area contributed by atoms with E-state index in [2.05, 4.69) is 48.7 Å². The Labute approximate surface area is 102 Å². The largest absolute Gasteiger partial charge is 0.316 e. The van der Waals surface area contributed by atoms with Crippen LogP contribution in [0, 0.1) is 20.8 Å². The third kappa shape index (κ3) is 2.56. The van der Waals surface area contributed by atoms with Crippen molar-refractivity contribution >= 4 is 0 Å². The van der Waals surface area contributed by atoms with Gasteiger partial charge >= 0.3 is 0 Å². The molecule has 0 bridgehead atoms. The fourth-order valence-corrected chi connectivity index (χ4v) is 2.07. The minimum absolute atomic E-state index is 0.858. The molecular weight excluding hydrogens is 210 g/mol. The van der Waals surface area contributed by atoms with Gasteiger partial charge in [0.2, 0.25) is 0 Å². The minimum atomic E-state index is 0.858. The maximum Gasteiger partial charge on any atom is 0.0651 e. The molecular formula is C14H19N3. The van der Waals surface area contributed by atoms with E-state index in [-0.39, 0.29) is 0 Å². The Bertz CT molecular complexity index is 506. The summed E-state index contributed by atoms with van der Waals surface area (Å²) < 4.78 is 1.96. The number of hydrogen-bond acceptors (Lipinski definition) is 2. The summed E-state index contributed by atoms with van der Waals surface area (Å²) in [7, 11) is 1.95. The van der Waals surface area contributed by atoms with E-state index in [0.29, 0.717) is 0 Å². The van der Waals surface area contributed by atoms with Gasteiger partial charge in [-0.05, 0) is 51.1 Å². The predicted octanol–water partition coefficient (Wildman–Crippen LogP) is 2.52. The molecule has 0 atom stereocenters. The predicted molar refractivity (Wildman–Crippen MR) is 70.5 cm³/mol. The lowest BCUT2D eigenvalue weighted by Gasteiger charge is -2.04. The molecule has 1 N–H and O–H groups in total. The molecule has 1 heterocycles. The SMILES string of the molecule is CNCc1cn(-c2cc(C)cc(C)c2)nc1C. The number of aromatic nitrogens is 2. The summed E-state index contributed by atoms with van der Waals surface area (Å²) in [5.41, 5.74) is 5.99. The lowest BCUT2D eigenvalue weighted by Crippen LogP contribution is -2.05. The van der Waals surface area contributed by atoms with E-state index in [1.807, 2.05) is 18.7 Å². The molecule has 1 aromatic carbocycles. The van der Waals surface area contributed by atoms with Gasteiger partial charge in [-0.25, -0.2) is 4.68 Å².